The van der Waals surface area contributed by atoms with Crippen LogP contribution in [0.4, 0.5) is 5.13 Å². The summed E-state index contributed by atoms with van der Waals surface area (Å²) in [6.07, 6.45) is 2.43. The van der Waals surface area contributed by atoms with E-state index in [0.717, 1.165) is 31.2 Å². The van der Waals surface area contributed by atoms with Gasteiger partial charge in [0.15, 0.2) is 5.13 Å². The zero-order valence-electron chi connectivity index (χ0n) is 17.9. The number of carbonyl (C=O) groups excluding carboxylic acids is 1. The number of benzene rings is 1. The zero-order valence-corrected chi connectivity index (χ0v) is 19.6. The number of likely N-dealkylation sites (tertiary alicyclic amines) is 1. The fourth-order valence-electron chi connectivity index (χ4n) is 3.30. The monoisotopic (exact) mass is 450 g/mol. The van der Waals surface area contributed by atoms with Crippen molar-refractivity contribution in [3.05, 3.63) is 40.9 Å². The van der Waals surface area contributed by atoms with Crippen molar-refractivity contribution in [2.24, 2.45) is 5.92 Å². The van der Waals surface area contributed by atoms with Gasteiger partial charge in [-0.15, -0.1) is 11.3 Å². The fourth-order valence-corrected chi connectivity index (χ4v) is 5.42. The Morgan fingerprint density at radius 1 is 1.20 bits per heavy atom. The van der Waals surface area contributed by atoms with E-state index in [0.29, 0.717) is 10.7 Å². The lowest BCUT2D eigenvalue weighted by molar-refractivity contribution is 0.102. The van der Waals surface area contributed by atoms with Gasteiger partial charge in [0.25, 0.3) is 5.91 Å². The molecule has 0 saturated carbocycles. The highest BCUT2D eigenvalue weighted by Gasteiger charge is 2.22. The van der Waals surface area contributed by atoms with Gasteiger partial charge in [-0.05, 0) is 76.9 Å². The zero-order chi connectivity index (χ0) is 21.9. The van der Waals surface area contributed by atoms with E-state index in [2.05, 4.69) is 26.8 Å². The van der Waals surface area contributed by atoms with Crippen LogP contribution in [0.25, 0.3) is 0 Å². The standard InChI is InChI=1S/C21H30N4O3S2/c1-15-9-11-25(12-10-15)13-17-14-29-20(22-17)23-19(26)16-5-7-18(8-6-16)30(27,28)24-21(2,3)4/h5-8,14-15,24H,9-13H2,1-4H3,(H,22,23,26). The van der Waals surface area contributed by atoms with E-state index in [1.807, 2.05) is 5.38 Å². The van der Waals surface area contributed by atoms with Crippen molar-refractivity contribution < 1.29 is 13.2 Å². The minimum absolute atomic E-state index is 0.126. The van der Waals surface area contributed by atoms with Gasteiger partial charge in [-0.2, -0.15) is 0 Å². The number of rotatable bonds is 6. The fraction of sp³-hybridized carbons (Fsp3) is 0.524. The summed E-state index contributed by atoms with van der Waals surface area (Å²) in [7, 11) is -3.63. The number of anilines is 1. The van der Waals surface area contributed by atoms with Crippen molar-refractivity contribution in [1.82, 2.24) is 14.6 Å². The van der Waals surface area contributed by atoms with Crippen LogP contribution in [-0.2, 0) is 16.6 Å². The Balaban J connectivity index is 1.59. The molecule has 1 fully saturated rings. The third-order valence-electron chi connectivity index (χ3n) is 4.90. The molecule has 0 bridgehead atoms. The molecule has 3 rings (SSSR count). The maximum atomic E-state index is 12.5. The van der Waals surface area contributed by atoms with Gasteiger partial charge in [-0.1, -0.05) is 6.92 Å². The van der Waals surface area contributed by atoms with Crippen LogP contribution in [0.15, 0.2) is 34.5 Å². The second kappa shape index (κ2) is 9.13. The molecule has 164 valence electrons. The van der Waals surface area contributed by atoms with Crippen LogP contribution in [0.3, 0.4) is 0 Å². The highest BCUT2D eigenvalue weighted by Crippen LogP contribution is 2.22. The van der Waals surface area contributed by atoms with Crippen LogP contribution in [0.1, 0.15) is 56.6 Å². The Morgan fingerprint density at radius 3 is 2.43 bits per heavy atom. The van der Waals surface area contributed by atoms with E-state index < -0.39 is 15.6 Å². The number of nitrogens with one attached hydrogen (secondary N) is 2. The van der Waals surface area contributed by atoms with Crippen molar-refractivity contribution in [1.29, 1.82) is 0 Å². The number of nitrogens with zero attached hydrogens (tertiary/aromatic N) is 2. The summed E-state index contributed by atoms with van der Waals surface area (Å²) in [5.41, 5.74) is 0.759. The third-order valence-corrected chi connectivity index (χ3v) is 7.48. The average molecular weight is 451 g/mol. The van der Waals surface area contributed by atoms with Gasteiger partial charge < -0.3 is 0 Å². The van der Waals surface area contributed by atoms with E-state index in [-0.39, 0.29) is 10.8 Å². The SMILES string of the molecule is CC1CCN(Cc2csc(NC(=O)c3ccc(S(=O)(=O)NC(C)(C)C)cc3)n2)CC1. The lowest BCUT2D eigenvalue weighted by Gasteiger charge is -2.29. The minimum atomic E-state index is -3.63. The van der Waals surface area contributed by atoms with Gasteiger partial charge in [-0.3, -0.25) is 15.0 Å². The van der Waals surface area contributed by atoms with Gasteiger partial charge in [0.05, 0.1) is 10.6 Å². The van der Waals surface area contributed by atoms with Crippen molar-refractivity contribution in [3.8, 4) is 0 Å². The summed E-state index contributed by atoms with van der Waals surface area (Å²) in [4.78, 5) is 19.6. The number of aromatic nitrogens is 1. The molecule has 2 heterocycles. The molecule has 0 unspecified atom stereocenters. The lowest BCUT2D eigenvalue weighted by Crippen LogP contribution is -2.40. The molecule has 1 aliphatic rings. The summed E-state index contributed by atoms with van der Waals surface area (Å²) in [5.74, 6) is 0.479. The van der Waals surface area contributed by atoms with Crippen LogP contribution in [0.5, 0.6) is 0 Å². The van der Waals surface area contributed by atoms with Crippen molar-refractivity contribution >= 4 is 32.4 Å². The molecule has 1 amide bonds. The van der Waals surface area contributed by atoms with Crippen LogP contribution in [0, 0.1) is 5.92 Å². The van der Waals surface area contributed by atoms with Crippen LogP contribution in [0.2, 0.25) is 0 Å². The smallest absolute Gasteiger partial charge is 0.257 e. The largest absolute Gasteiger partial charge is 0.298 e. The number of thiazole rings is 1. The topological polar surface area (TPSA) is 91.4 Å². The molecule has 30 heavy (non-hydrogen) atoms. The van der Waals surface area contributed by atoms with E-state index in [1.165, 1.54) is 48.4 Å². The maximum Gasteiger partial charge on any atom is 0.257 e. The van der Waals surface area contributed by atoms with Gasteiger partial charge >= 0.3 is 0 Å². The molecule has 0 aliphatic carbocycles. The summed E-state index contributed by atoms with van der Waals surface area (Å²) in [6.45, 7) is 10.6. The Bertz CT molecular complexity index is 970. The summed E-state index contributed by atoms with van der Waals surface area (Å²) in [5, 5.41) is 5.33. The Labute approximate surface area is 183 Å². The highest BCUT2D eigenvalue weighted by molar-refractivity contribution is 7.89. The molecule has 1 aromatic carbocycles. The second-order valence-corrected chi connectivity index (χ2v) is 11.5. The van der Waals surface area contributed by atoms with Crippen LogP contribution < -0.4 is 10.0 Å². The van der Waals surface area contributed by atoms with Crippen molar-refractivity contribution in [2.75, 3.05) is 18.4 Å². The normalized spacial score (nSPS) is 16.5. The molecule has 0 atom stereocenters. The summed E-state index contributed by atoms with van der Waals surface area (Å²) in [6, 6.07) is 5.90. The van der Waals surface area contributed by atoms with Crippen LogP contribution in [-0.4, -0.2) is 42.8 Å². The molecule has 7 nitrogen and oxygen atoms in total. The van der Waals surface area contributed by atoms with Crippen molar-refractivity contribution in [3.63, 3.8) is 0 Å². The Morgan fingerprint density at radius 2 is 1.83 bits per heavy atom. The minimum Gasteiger partial charge on any atom is -0.298 e. The van der Waals surface area contributed by atoms with Crippen molar-refractivity contribution in [2.45, 2.75) is 57.5 Å². The second-order valence-electron chi connectivity index (χ2n) is 8.94. The highest BCUT2D eigenvalue weighted by atomic mass is 32.2. The first-order valence-electron chi connectivity index (χ1n) is 10.1. The number of amides is 1. The molecule has 2 N–H and O–H groups in total. The molecular weight excluding hydrogens is 420 g/mol. The molecule has 0 spiro atoms. The molecule has 1 saturated heterocycles. The maximum absolute atomic E-state index is 12.5. The predicted octanol–water partition coefficient (Wildman–Crippen LogP) is 3.70. The van der Waals surface area contributed by atoms with E-state index >= 15 is 0 Å². The van der Waals surface area contributed by atoms with E-state index in [9.17, 15) is 13.2 Å². The van der Waals surface area contributed by atoms with Crippen LogP contribution >= 0.6 is 11.3 Å². The average Bonchev–Trinajstić information content (AvgIpc) is 3.08. The quantitative estimate of drug-likeness (QED) is 0.700. The third kappa shape index (κ3) is 6.34. The molecule has 1 aliphatic heterocycles. The van der Waals surface area contributed by atoms with Gasteiger partial charge in [-0.25, -0.2) is 18.1 Å². The Kier molecular flexibility index (Phi) is 6.96. The number of piperidine rings is 1. The molecule has 0 radical (unpaired) electrons. The van der Waals surface area contributed by atoms with Gasteiger partial charge in [0.1, 0.15) is 0 Å². The van der Waals surface area contributed by atoms with E-state index in [4.69, 9.17) is 0 Å². The number of hydrogen-bond acceptors (Lipinski definition) is 6. The number of hydrogen-bond donors (Lipinski definition) is 2. The summed E-state index contributed by atoms with van der Waals surface area (Å²) >= 11 is 1.40. The number of carbonyl (C=O) groups is 1. The first-order chi connectivity index (χ1) is 14.0. The molecule has 9 heteroatoms. The first-order valence-corrected chi connectivity index (χ1v) is 12.5. The predicted molar refractivity (Wildman–Crippen MR) is 120 cm³/mol. The summed E-state index contributed by atoms with van der Waals surface area (Å²) < 4.78 is 27.4. The molecule has 1 aromatic heterocycles. The lowest BCUT2D eigenvalue weighted by atomic mass is 9.99. The molecular formula is C21H30N4O3S2. The number of sulfonamides is 1. The first kappa shape index (κ1) is 22.9. The Hall–Kier alpha value is -1.81. The van der Waals surface area contributed by atoms with Gasteiger partial charge in [0, 0.05) is 23.0 Å². The van der Waals surface area contributed by atoms with E-state index in [1.54, 1.807) is 20.8 Å². The molecule has 2 aromatic rings. The van der Waals surface area contributed by atoms with Gasteiger partial charge in [0.2, 0.25) is 10.0 Å².